The summed E-state index contributed by atoms with van der Waals surface area (Å²) in [7, 11) is 3.30. The normalized spacial score (nSPS) is 23.1. The van der Waals surface area contributed by atoms with Crippen LogP contribution in [-0.4, -0.2) is 20.8 Å². The monoisotopic (exact) mass is 232 g/mol. The number of rotatable bonds is 3. The summed E-state index contributed by atoms with van der Waals surface area (Å²) in [6, 6.07) is 8.21. The Hall–Kier alpha value is -1.73. The molecule has 90 valence electrons. The zero-order valence-electron chi connectivity index (χ0n) is 10.1. The Kier molecular flexibility index (Phi) is 3.50. The van der Waals surface area contributed by atoms with E-state index in [0.29, 0.717) is 0 Å². The lowest BCUT2D eigenvalue weighted by Gasteiger charge is -2.16. The van der Waals surface area contributed by atoms with E-state index in [9.17, 15) is 0 Å². The minimum Gasteiger partial charge on any atom is -0.497 e. The molecule has 1 N–H and O–H groups in total. The van der Waals surface area contributed by atoms with Crippen LogP contribution in [0.25, 0.3) is 0 Å². The summed E-state index contributed by atoms with van der Waals surface area (Å²) >= 11 is 0. The predicted octanol–water partition coefficient (Wildman–Crippen LogP) is 1.88. The minimum atomic E-state index is 0.0795. The number of nitrogens with one attached hydrogen (secondary N) is 1. The molecule has 0 radical (unpaired) electrons. The smallest absolute Gasteiger partial charge is 0.123 e. The van der Waals surface area contributed by atoms with E-state index in [1.807, 2.05) is 18.2 Å². The van der Waals surface area contributed by atoms with Crippen molar-refractivity contribution in [2.45, 2.75) is 12.5 Å². The predicted molar refractivity (Wildman–Crippen MR) is 64.0 cm³/mol. The molecule has 4 heteroatoms. The number of ether oxygens (including phenoxy) is 2. The van der Waals surface area contributed by atoms with Crippen LogP contribution in [0.4, 0.5) is 0 Å². The van der Waals surface area contributed by atoms with E-state index in [-0.39, 0.29) is 12.0 Å². The Labute approximate surface area is 101 Å². The molecule has 1 aromatic rings. The number of hydrogen-bond donors (Lipinski definition) is 1. The van der Waals surface area contributed by atoms with E-state index >= 15 is 0 Å². The minimum absolute atomic E-state index is 0.0795. The maximum Gasteiger partial charge on any atom is 0.123 e. The van der Waals surface area contributed by atoms with Crippen molar-refractivity contribution in [3.05, 3.63) is 23.8 Å². The molecule has 0 spiro atoms. The average molecular weight is 232 g/mol. The second kappa shape index (κ2) is 5.07. The van der Waals surface area contributed by atoms with Crippen LogP contribution in [0.3, 0.4) is 0 Å². The molecule has 2 atom stereocenters. The topological polar surface area (TPSA) is 54.3 Å². The Morgan fingerprint density at radius 1 is 1.35 bits per heavy atom. The van der Waals surface area contributed by atoms with Crippen molar-refractivity contribution in [3.63, 3.8) is 0 Å². The molecule has 0 aliphatic carbocycles. The highest BCUT2D eigenvalue weighted by Crippen LogP contribution is 2.35. The van der Waals surface area contributed by atoms with Crippen LogP contribution < -0.4 is 14.8 Å². The molecular formula is C13H16N2O2. The molecule has 0 saturated carbocycles. The van der Waals surface area contributed by atoms with E-state index in [1.54, 1.807) is 14.2 Å². The van der Waals surface area contributed by atoms with Gasteiger partial charge in [-0.05, 0) is 24.6 Å². The maximum atomic E-state index is 8.91. The van der Waals surface area contributed by atoms with Crippen LogP contribution in [0.5, 0.6) is 11.5 Å². The lowest BCUT2D eigenvalue weighted by molar-refractivity contribution is 0.393. The zero-order chi connectivity index (χ0) is 12.3. The van der Waals surface area contributed by atoms with Gasteiger partial charge < -0.3 is 14.8 Å². The Morgan fingerprint density at radius 2 is 2.18 bits per heavy atom. The van der Waals surface area contributed by atoms with Gasteiger partial charge in [0, 0.05) is 18.2 Å². The maximum absolute atomic E-state index is 8.91. The van der Waals surface area contributed by atoms with Crippen LogP contribution in [0.2, 0.25) is 0 Å². The van der Waals surface area contributed by atoms with Crippen LogP contribution in [0, 0.1) is 17.2 Å². The first kappa shape index (κ1) is 11.7. The van der Waals surface area contributed by atoms with Gasteiger partial charge >= 0.3 is 0 Å². The Bertz CT molecular complexity index is 440. The molecule has 1 fully saturated rings. The fourth-order valence-electron chi connectivity index (χ4n) is 2.18. The number of benzene rings is 1. The van der Waals surface area contributed by atoms with Crippen molar-refractivity contribution in [3.8, 4) is 17.6 Å². The molecule has 0 amide bonds. The molecule has 0 bridgehead atoms. The van der Waals surface area contributed by atoms with E-state index < -0.39 is 0 Å². The highest BCUT2D eigenvalue weighted by molar-refractivity contribution is 5.42. The van der Waals surface area contributed by atoms with Gasteiger partial charge in [0.1, 0.15) is 11.5 Å². The number of methoxy groups -OCH3 is 2. The molecule has 1 aliphatic rings. The molecule has 2 unspecified atom stereocenters. The largest absolute Gasteiger partial charge is 0.497 e. The molecule has 4 nitrogen and oxygen atoms in total. The number of nitrogens with zero attached hydrogens (tertiary/aromatic N) is 1. The van der Waals surface area contributed by atoms with E-state index in [1.165, 1.54) is 0 Å². The van der Waals surface area contributed by atoms with Crippen LogP contribution in [-0.2, 0) is 0 Å². The summed E-state index contributed by atoms with van der Waals surface area (Å²) in [5, 5.41) is 12.3. The lowest BCUT2D eigenvalue weighted by atomic mass is 10.00. The van der Waals surface area contributed by atoms with E-state index in [2.05, 4.69) is 11.4 Å². The van der Waals surface area contributed by atoms with Gasteiger partial charge in [0.25, 0.3) is 0 Å². The highest BCUT2D eigenvalue weighted by Gasteiger charge is 2.27. The first-order valence-electron chi connectivity index (χ1n) is 5.63. The first-order chi connectivity index (χ1) is 8.28. The van der Waals surface area contributed by atoms with Crippen molar-refractivity contribution in [2.24, 2.45) is 5.92 Å². The van der Waals surface area contributed by atoms with Crippen LogP contribution in [0.1, 0.15) is 18.0 Å². The first-order valence-corrected chi connectivity index (χ1v) is 5.63. The van der Waals surface area contributed by atoms with Crippen molar-refractivity contribution in [2.75, 3.05) is 20.8 Å². The van der Waals surface area contributed by atoms with Crippen molar-refractivity contribution >= 4 is 0 Å². The molecule has 1 aliphatic heterocycles. The Balaban J connectivity index is 2.27. The second-order valence-electron chi connectivity index (χ2n) is 4.13. The lowest BCUT2D eigenvalue weighted by Crippen LogP contribution is -2.14. The van der Waals surface area contributed by atoms with Gasteiger partial charge in [-0.1, -0.05) is 0 Å². The summed E-state index contributed by atoms with van der Waals surface area (Å²) in [5.41, 5.74) is 1.06. The number of nitriles is 1. The fourth-order valence-corrected chi connectivity index (χ4v) is 2.18. The van der Waals surface area contributed by atoms with Crippen molar-refractivity contribution in [1.82, 2.24) is 5.32 Å². The number of hydrogen-bond acceptors (Lipinski definition) is 4. The third-order valence-electron chi connectivity index (χ3n) is 3.13. The van der Waals surface area contributed by atoms with Gasteiger partial charge in [-0.25, -0.2) is 0 Å². The third-order valence-corrected chi connectivity index (χ3v) is 3.13. The molecule has 17 heavy (non-hydrogen) atoms. The highest BCUT2D eigenvalue weighted by atomic mass is 16.5. The molecular weight excluding hydrogens is 216 g/mol. The van der Waals surface area contributed by atoms with Crippen LogP contribution >= 0.6 is 0 Å². The summed E-state index contributed by atoms with van der Waals surface area (Å²) in [5.74, 6) is 1.72. The molecule has 1 saturated heterocycles. The average Bonchev–Trinajstić information content (AvgIpc) is 2.86. The standard InChI is InChI=1S/C13H16N2O2/c1-16-10-3-4-13(17-2)11(6-10)12-5-9(7-14)8-15-12/h3-4,6,9,12,15H,5,8H2,1-2H3. The summed E-state index contributed by atoms with van der Waals surface area (Å²) < 4.78 is 10.6. The molecule has 1 aromatic carbocycles. The van der Waals surface area contributed by atoms with E-state index in [0.717, 1.165) is 30.0 Å². The molecule has 0 aromatic heterocycles. The van der Waals surface area contributed by atoms with Gasteiger partial charge in [0.05, 0.1) is 26.2 Å². The molecule has 1 heterocycles. The van der Waals surface area contributed by atoms with Gasteiger partial charge in [-0.3, -0.25) is 0 Å². The van der Waals surface area contributed by atoms with Crippen molar-refractivity contribution in [1.29, 1.82) is 5.26 Å². The van der Waals surface area contributed by atoms with Crippen LogP contribution in [0.15, 0.2) is 18.2 Å². The Morgan fingerprint density at radius 3 is 2.76 bits per heavy atom. The quantitative estimate of drug-likeness (QED) is 0.864. The third kappa shape index (κ3) is 2.34. The SMILES string of the molecule is COc1ccc(OC)c(C2CC(C#N)CN2)c1. The molecule has 2 rings (SSSR count). The van der Waals surface area contributed by atoms with Gasteiger partial charge in [-0.15, -0.1) is 0 Å². The van der Waals surface area contributed by atoms with Gasteiger partial charge in [-0.2, -0.15) is 5.26 Å². The zero-order valence-corrected chi connectivity index (χ0v) is 10.1. The van der Waals surface area contributed by atoms with Gasteiger partial charge in [0.15, 0.2) is 0 Å². The summed E-state index contributed by atoms with van der Waals surface area (Å²) in [6.45, 7) is 0.738. The van der Waals surface area contributed by atoms with Gasteiger partial charge in [0.2, 0.25) is 0 Å². The summed E-state index contributed by atoms with van der Waals surface area (Å²) in [6.07, 6.45) is 0.819. The second-order valence-corrected chi connectivity index (χ2v) is 4.13. The fraction of sp³-hybridized carbons (Fsp3) is 0.462. The van der Waals surface area contributed by atoms with E-state index in [4.69, 9.17) is 14.7 Å². The van der Waals surface area contributed by atoms with Crippen molar-refractivity contribution < 1.29 is 9.47 Å². The summed E-state index contributed by atoms with van der Waals surface area (Å²) in [4.78, 5) is 0.